The maximum absolute atomic E-state index is 7.03. The van der Waals surface area contributed by atoms with Gasteiger partial charge in [-0.3, -0.25) is 0 Å². The van der Waals surface area contributed by atoms with Gasteiger partial charge in [-0.25, -0.2) is 9.97 Å². The maximum Gasteiger partial charge on any atom is 0.126 e. The van der Waals surface area contributed by atoms with E-state index in [1.165, 1.54) is 15.2 Å². The van der Waals surface area contributed by atoms with Crippen LogP contribution in [0.15, 0.2) is 84.3 Å². The number of nitrogens with zero attached hydrogens (tertiary/aromatic N) is 2. The fraction of sp³-hybridized carbons (Fsp3) is 0.0968. The second-order valence-corrected chi connectivity index (χ2v) is 12.3. The third-order valence-corrected chi connectivity index (χ3v) is 9.90. The molecule has 0 saturated heterocycles. The van der Waals surface area contributed by atoms with Crippen molar-refractivity contribution in [2.45, 2.75) is 25.7 Å². The lowest BCUT2D eigenvalue weighted by atomic mass is 9.91. The van der Waals surface area contributed by atoms with E-state index in [0.717, 1.165) is 64.2 Å². The van der Waals surface area contributed by atoms with Crippen molar-refractivity contribution in [2.75, 3.05) is 5.73 Å². The largest absolute Gasteiger partial charge is 0.398 e. The highest BCUT2D eigenvalue weighted by molar-refractivity contribution is 8.08. The van der Waals surface area contributed by atoms with E-state index in [2.05, 4.69) is 81.9 Å². The molecule has 0 spiro atoms. The first kappa shape index (κ1) is 23.9. The van der Waals surface area contributed by atoms with Gasteiger partial charge in [-0.05, 0) is 67.8 Å². The Morgan fingerprint density at radius 2 is 1.27 bits per heavy atom. The molecule has 0 aliphatic heterocycles. The van der Waals surface area contributed by atoms with E-state index in [9.17, 15) is 0 Å². The van der Waals surface area contributed by atoms with Crippen molar-refractivity contribution in [3.8, 4) is 21.1 Å². The van der Waals surface area contributed by atoms with Crippen LogP contribution in [-0.2, 0) is 0 Å². The van der Waals surface area contributed by atoms with E-state index in [0.29, 0.717) is 0 Å². The van der Waals surface area contributed by atoms with Gasteiger partial charge in [0.1, 0.15) is 10.0 Å². The monoisotopic (exact) mass is 535 g/mol. The molecule has 0 atom stereocenters. The number of anilines is 1. The highest BCUT2D eigenvalue weighted by Gasteiger charge is 2.25. The molecule has 37 heavy (non-hydrogen) atoms. The number of aromatic nitrogens is 2. The quantitative estimate of drug-likeness (QED) is 0.176. The Kier molecular flexibility index (Phi) is 6.11. The topological polar surface area (TPSA) is 51.8 Å². The Hall–Kier alpha value is -3.45. The average Bonchev–Trinajstić information content (AvgIpc) is 3.49. The molecule has 0 aliphatic rings. The highest BCUT2D eigenvalue weighted by atomic mass is 32.2. The number of fused-ring (bicyclic) bond motifs is 2. The molecule has 0 bridgehead atoms. The summed E-state index contributed by atoms with van der Waals surface area (Å²) in [4.78, 5) is 12.1. The average molecular weight is 536 g/mol. The lowest BCUT2D eigenvalue weighted by molar-refractivity contribution is 1.31. The van der Waals surface area contributed by atoms with Gasteiger partial charge in [0.05, 0.1) is 26.1 Å². The van der Waals surface area contributed by atoms with Gasteiger partial charge in [0.25, 0.3) is 0 Å². The molecule has 0 radical (unpaired) electrons. The second kappa shape index (κ2) is 9.45. The molecule has 6 aromatic rings. The fourth-order valence-electron chi connectivity index (χ4n) is 4.83. The van der Waals surface area contributed by atoms with Crippen LogP contribution in [0, 0.1) is 20.8 Å². The van der Waals surface area contributed by atoms with Crippen LogP contribution in [0.2, 0.25) is 0 Å². The first-order valence-electron chi connectivity index (χ1n) is 12.0. The Bertz CT molecular complexity index is 1660. The van der Waals surface area contributed by atoms with Crippen LogP contribution in [0.1, 0.15) is 22.3 Å². The summed E-state index contributed by atoms with van der Waals surface area (Å²) in [5.74, 6) is 0. The molecule has 0 unspecified atom stereocenters. The maximum atomic E-state index is 7.03. The molecule has 4 aromatic carbocycles. The molecular weight excluding hydrogens is 511 g/mol. The lowest BCUT2D eigenvalue weighted by Gasteiger charge is -2.21. The summed E-state index contributed by atoms with van der Waals surface area (Å²) in [5, 5.41) is 1.92. The number of rotatable bonds is 5. The number of thiazole rings is 2. The normalized spacial score (nSPS) is 11.4. The summed E-state index contributed by atoms with van der Waals surface area (Å²) in [7, 11) is 0. The number of thioether (sulfide) groups is 1. The number of para-hydroxylation sites is 2. The molecule has 182 valence electrons. The molecule has 6 rings (SSSR count). The first-order chi connectivity index (χ1) is 17.9. The van der Waals surface area contributed by atoms with Gasteiger partial charge in [0, 0.05) is 26.5 Å². The molecule has 2 aromatic heterocycles. The standard InChI is InChI=1S/C31H25N3S3/c1-17-11-5-8-14-23(17)35-20(4)27-18(2)26(30-33-21-12-6-9-15-24(21)36-30)19(3)28(29(27)32)31-34-22-13-7-10-16-25(22)37-31/h5-16H,4,32H2,1-3H3. The minimum absolute atomic E-state index is 0.727. The van der Waals surface area contributed by atoms with Gasteiger partial charge in [-0.15, -0.1) is 22.7 Å². The van der Waals surface area contributed by atoms with Crippen LogP contribution in [0.25, 0.3) is 46.5 Å². The van der Waals surface area contributed by atoms with Gasteiger partial charge in [0.15, 0.2) is 0 Å². The van der Waals surface area contributed by atoms with Crippen LogP contribution >= 0.6 is 34.4 Å². The third-order valence-electron chi connectivity index (χ3n) is 6.66. The van der Waals surface area contributed by atoms with Crippen molar-refractivity contribution in [1.82, 2.24) is 9.97 Å². The van der Waals surface area contributed by atoms with Crippen molar-refractivity contribution in [3.05, 3.63) is 102 Å². The van der Waals surface area contributed by atoms with Crippen molar-refractivity contribution in [2.24, 2.45) is 0 Å². The summed E-state index contributed by atoms with van der Waals surface area (Å²) in [6.07, 6.45) is 0. The predicted molar refractivity (Wildman–Crippen MR) is 164 cm³/mol. The number of aryl methyl sites for hydroxylation is 1. The highest BCUT2D eigenvalue weighted by Crippen LogP contribution is 2.49. The van der Waals surface area contributed by atoms with Crippen LogP contribution < -0.4 is 5.73 Å². The summed E-state index contributed by atoms with van der Waals surface area (Å²) >= 11 is 5.06. The molecular formula is C31H25N3S3. The van der Waals surface area contributed by atoms with Crippen LogP contribution in [0.4, 0.5) is 5.69 Å². The third kappa shape index (κ3) is 4.15. The summed E-state index contributed by atoms with van der Waals surface area (Å²) in [5.41, 5.74) is 16.2. The molecule has 0 saturated carbocycles. The van der Waals surface area contributed by atoms with Crippen LogP contribution in [0.5, 0.6) is 0 Å². The van der Waals surface area contributed by atoms with E-state index in [4.69, 9.17) is 15.7 Å². The number of hydrogen-bond acceptors (Lipinski definition) is 6. The number of nitrogen functional groups attached to an aromatic ring is 1. The van der Waals surface area contributed by atoms with Crippen molar-refractivity contribution in [1.29, 1.82) is 0 Å². The van der Waals surface area contributed by atoms with E-state index in [-0.39, 0.29) is 0 Å². The Labute approximate surface area is 228 Å². The van der Waals surface area contributed by atoms with Crippen molar-refractivity contribution in [3.63, 3.8) is 0 Å². The van der Waals surface area contributed by atoms with Crippen LogP contribution in [0.3, 0.4) is 0 Å². The zero-order valence-corrected chi connectivity index (χ0v) is 23.3. The summed E-state index contributed by atoms with van der Waals surface area (Å²) in [6, 6.07) is 24.9. The molecule has 0 fully saturated rings. The predicted octanol–water partition coefficient (Wildman–Crippen LogP) is 9.51. The summed E-state index contributed by atoms with van der Waals surface area (Å²) < 4.78 is 2.32. The van der Waals surface area contributed by atoms with Crippen LogP contribution in [-0.4, -0.2) is 9.97 Å². The van der Waals surface area contributed by atoms with Gasteiger partial charge in [-0.2, -0.15) is 0 Å². The van der Waals surface area contributed by atoms with Crippen molar-refractivity contribution >= 4 is 65.5 Å². The molecule has 0 amide bonds. The molecule has 2 N–H and O–H groups in total. The molecule has 0 aliphatic carbocycles. The Morgan fingerprint density at radius 3 is 1.86 bits per heavy atom. The van der Waals surface area contributed by atoms with Gasteiger partial charge in [0.2, 0.25) is 0 Å². The van der Waals surface area contributed by atoms with Gasteiger partial charge >= 0.3 is 0 Å². The molecule has 3 nitrogen and oxygen atoms in total. The van der Waals surface area contributed by atoms with E-state index in [1.807, 2.05) is 18.2 Å². The number of benzene rings is 4. The van der Waals surface area contributed by atoms with E-state index >= 15 is 0 Å². The minimum Gasteiger partial charge on any atom is -0.398 e. The lowest BCUT2D eigenvalue weighted by Crippen LogP contribution is -2.04. The van der Waals surface area contributed by atoms with Crippen molar-refractivity contribution < 1.29 is 0 Å². The zero-order valence-electron chi connectivity index (χ0n) is 20.8. The molecule has 6 heteroatoms. The number of nitrogens with two attached hydrogens (primary N) is 1. The van der Waals surface area contributed by atoms with Gasteiger partial charge in [-0.1, -0.05) is 60.8 Å². The fourth-order valence-corrected chi connectivity index (χ4v) is 8.04. The summed E-state index contributed by atoms with van der Waals surface area (Å²) in [6.45, 7) is 10.9. The van der Waals surface area contributed by atoms with E-state index in [1.54, 1.807) is 34.4 Å². The number of hydrogen-bond donors (Lipinski definition) is 1. The van der Waals surface area contributed by atoms with E-state index < -0.39 is 0 Å². The minimum atomic E-state index is 0.727. The molecule has 2 heterocycles. The second-order valence-electron chi connectivity index (χ2n) is 9.05. The smallest absolute Gasteiger partial charge is 0.126 e. The zero-order chi connectivity index (χ0) is 25.7. The Morgan fingerprint density at radius 1 is 0.730 bits per heavy atom. The Balaban J connectivity index is 1.61. The first-order valence-corrected chi connectivity index (χ1v) is 14.4. The SMILES string of the molecule is C=C(Sc1ccccc1C)c1c(C)c(-c2nc3ccccc3s2)c(C)c(-c2nc3ccccc3s2)c1N. The van der Waals surface area contributed by atoms with Gasteiger partial charge < -0.3 is 5.73 Å².